The molecule has 1 aromatic heterocycles. The topological polar surface area (TPSA) is 51.0 Å². The lowest BCUT2D eigenvalue weighted by atomic mass is 10.2. The molecule has 19 heavy (non-hydrogen) atoms. The average molecular weight is 328 g/mol. The minimum absolute atomic E-state index is 0.0265. The highest BCUT2D eigenvalue weighted by Gasteiger charge is 2.18. The molecule has 0 fully saturated rings. The monoisotopic (exact) mass is 327 g/mol. The van der Waals surface area contributed by atoms with Gasteiger partial charge in [-0.05, 0) is 41.0 Å². The van der Waals surface area contributed by atoms with E-state index in [2.05, 4.69) is 31.4 Å². The maximum atomic E-state index is 13.5. The zero-order valence-corrected chi connectivity index (χ0v) is 12.4. The number of nitrogens with zero attached hydrogens (tertiary/aromatic N) is 2. The Balaban J connectivity index is 2.32. The minimum Gasteiger partial charge on any atom is -0.419 e. The Morgan fingerprint density at radius 2 is 2.16 bits per heavy atom. The third kappa shape index (κ3) is 3.01. The first-order valence-corrected chi connectivity index (χ1v) is 6.97. The first-order chi connectivity index (χ1) is 9.17. The van der Waals surface area contributed by atoms with Crippen molar-refractivity contribution in [2.45, 2.75) is 26.3 Å². The lowest BCUT2D eigenvalue weighted by molar-refractivity contribution is 0.402. The van der Waals surface area contributed by atoms with Gasteiger partial charge >= 0.3 is 0 Å². The van der Waals surface area contributed by atoms with Crippen molar-refractivity contribution >= 4 is 15.9 Å². The summed E-state index contributed by atoms with van der Waals surface area (Å²) in [5.74, 6) is 0.490. The van der Waals surface area contributed by atoms with E-state index in [1.807, 2.05) is 13.8 Å². The van der Waals surface area contributed by atoms with Crippen molar-refractivity contribution in [2.75, 3.05) is 6.54 Å². The minimum atomic E-state index is -0.351. The Bertz CT molecular complexity index is 559. The Labute approximate surface area is 119 Å². The summed E-state index contributed by atoms with van der Waals surface area (Å²) in [6.45, 7) is 4.87. The summed E-state index contributed by atoms with van der Waals surface area (Å²) in [6.07, 6.45) is 0.847. The maximum Gasteiger partial charge on any atom is 0.249 e. The van der Waals surface area contributed by atoms with Crippen LogP contribution in [0.5, 0.6) is 0 Å². The molecule has 0 bridgehead atoms. The van der Waals surface area contributed by atoms with Crippen molar-refractivity contribution in [1.29, 1.82) is 0 Å². The van der Waals surface area contributed by atoms with E-state index in [0.29, 0.717) is 21.8 Å². The van der Waals surface area contributed by atoms with Gasteiger partial charge in [0.2, 0.25) is 11.8 Å². The molecule has 0 aliphatic heterocycles. The molecule has 102 valence electrons. The van der Waals surface area contributed by atoms with Crippen molar-refractivity contribution < 1.29 is 8.81 Å². The SMILES string of the molecule is CCNC(CC)c1nnc(-c2cccc(F)c2Br)o1. The second kappa shape index (κ2) is 6.25. The van der Waals surface area contributed by atoms with Gasteiger partial charge in [0.25, 0.3) is 0 Å². The summed E-state index contributed by atoms with van der Waals surface area (Å²) < 4.78 is 19.4. The van der Waals surface area contributed by atoms with Crippen LogP contribution >= 0.6 is 15.9 Å². The number of rotatable bonds is 5. The van der Waals surface area contributed by atoms with Gasteiger partial charge in [0.05, 0.1) is 16.1 Å². The summed E-state index contributed by atoms with van der Waals surface area (Å²) in [6, 6.07) is 4.75. The van der Waals surface area contributed by atoms with Crippen LogP contribution in [0, 0.1) is 5.82 Å². The molecule has 0 amide bonds. The molecule has 1 atom stereocenters. The van der Waals surface area contributed by atoms with Gasteiger partial charge < -0.3 is 9.73 Å². The molecule has 0 aliphatic carbocycles. The van der Waals surface area contributed by atoms with Crippen LogP contribution in [-0.2, 0) is 0 Å². The number of hydrogen-bond donors (Lipinski definition) is 1. The fourth-order valence-electron chi connectivity index (χ4n) is 1.81. The third-order valence-corrected chi connectivity index (χ3v) is 3.59. The lowest BCUT2D eigenvalue weighted by Gasteiger charge is -2.10. The van der Waals surface area contributed by atoms with Crippen LogP contribution in [0.1, 0.15) is 32.2 Å². The van der Waals surface area contributed by atoms with Gasteiger partial charge in [0.15, 0.2) is 0 Å². The zero-order valence-electron chi connectivity index (χ0n) is 10.8. The van der Waals surface area contributed by atoms with E-state index in [4.69, 9.17) is 4.42 Å². The van der Waals surface area contributed by atoms with Gasteiger partial charge in [-0.25, -0.2) is 4.39 Å². The van der Waals surface area contributed by atoms with Gasteiger partial charge in [-0.1, -0.05) is 19.9 Å². The highest BCUT2D eigenvalue weighted by molar-refractivity contribution is 9.10. The van der Waals surface area contributed by atoms with Crippen LogP contribution in [0.3, 0.4) is 0 Å². The van der Waals surface area contributed by atoms with E-state index in [0.717, 1.165) is 13.0 Å². The van der Waals surface area contributed by atoms with Crippen LogP contribution in [0.2, 0.25) is 0 Å². The molecule has 0 radical (unpaired) electrons. The summed E-state index contributed by atoms with van der Waals surface area (Å²) in [4.78, 5) is 0. The summed E-state index contributed by atoms with van der Waals surface area (Å²) in [5.41, 5.74) is 0.560. The van der Waals surface area contributed by atoms with Crippen molar-refractivity contribution in [3.05, 3.63) is 34.4 Å². The van der Waals surface area contributed by atoms with E-state index in [1.165, 1.54) is 6.07 Å². The average Bonchev–Trinajstić information content (AvgIpc) is 2.88. The lowest BCUT2D eigenvalue weighted by Crippen LogP contribution is -2.20. The Kier molecular flexibility index (Phi) is 4.66. The standard InChI is InChI=1S/C13H15BrFN3O/c1-3-10(16-4-2)13-18-17-12(19-13)8-6-5-7-9(15)11(8)14/h5-7,10,16H,3-4H2,1-2H3. The summed E-state index contributed by atoms with van der Waals surface area (Å²) >= 11 is 3.19. The van der Waals surface area contributed by atoms with Crippen LogP contribution in [0.4, 0.5) is 4.39 Å². The van der Waals surface area contributed by atoms with Crippen molar-refractivity contribution in [3.8, 4) is 11.5 Å². The molecular weight excluding hydrogens is 313 g/mol. The van der Waals surface area contributed by atoms with Crippen LogP contribution in [-0.4, -0.2) is 16.7 Å². The maximum absolute atomic E-state index is 13.5. The molecule has 6 heteroatoms. The quantitative estimate of drug-likeness (QED) is 0.909. The molecule has 1 unspecified atom stereocenters. The van der Waals surface area contributed by atoms with Gasteiger partial charge in [0, 0.05) is 0 Å². The molecule has 0 aliphatic rings. The first-order valence-electron chi connectivity index (χ1n) is 6.18. The van der Waals surface area contributed by atoms with Crippen molar-refractivity contribution in [2.24, 2.45) is 0 Å². The molecule has 1 heterocycles. The molecule has 0 saturated heterocycles. The highest BCUT2D eigenvalue weighted by atomic mass is 79.9. The molecule has 1 N–H and O–H groups in total. The van der Waals surface area contributed by atoms with Crippen LogP contribution < -0.4 is 5.32 Å². The van der Waals surface area contributed by atoms with E-state index >= 15 is 0 Å². The third-order valence-electron chi connectivity index (χ3n) is 2.78. The molecule has 1 aromatic carbocycles. The van der Waals surface area contributed by atoms with E-state index < -0.39 is 0 Å². The predicted octanol–water partition coefficient (Wildman–Crippen LogP) is 3.70. The van der Waals surface area contributed by atoms with Crippen LogP contribution in [0.25, 0.3) is 11.5 Å². The first kappa shape index (κ1) is 14.1. The largest absolute Gasteiger partial charge is 0.419 e. The number of benzene rings is 1. The molecule has 2 aromatic rings. The second-order valence-corrected chi connectivity index (χ2v) is 4.86. The van der Waals surface area contributed by atoms with E-state index in [-0.39, 0.29) is 11.9 Å². The van der Waals surface area contributed by atoms with Crippen molar-refractivity contribution in [3.63, 3.8) is 0 Å². The van der Waals surface area contributed by atoms with Gasteiger partial charge in [-0.2, -0.15) is 0 Å². The van der Waals surface area contributed by atoms with Gasteiger partial charge in [-0.15, -0.1) is 10.2 Å². The Hall–Kier alpha value is -1.27. The molecule has 0 spiro atoms. The number of aromatic nitrogens is 2. The van der Waals surface area contributed by atoms with E-state index in [1.54, 1.807) is 12.1 Å². The second-order valence-electron chi connectivity index (χ2n) is 4.07. The molecule has 0 saturated carbocycles. The summed E-state index contributed by atoms with van der Waals surface area (Å²) in [7, 11) is 0. The normalized spacial score (nSPS) is 12.6. The van der Waals surface area contributed by atoms with Gasteiger partial charge in [-0.3, -0.25) is 0 Å². The fraction of sp³-hybridized carbons (Fsp3) is 0.385. The Morgan fingerprint density at radius 1 is 1.37 bits per heavy atom. The number of hydrogen-bond acceptors (Lipinski definition) is 4. The fourth-order valence-corrected chi connectivity index (χ4v) is 2.24. The summed E-state index contributed by atoms with van der Waals surface area (Å²) in [5, 5.41) is 11.3. The zero-order chi connectivity index (χ0) is 13.8. The van der Waals surface area contributed by atoms with Crippen LogP contribution in [0.15, 0.2) is 27.1 Å². The smallest absolute Gasteiger partial charge is 0.249 e. The number of halogens is 2. The Morgan fingerprint density at radius 3 is 2.84 bits per heavy atom. The molecule has 4 nitrogen and oxygen atoms in total. The predicted molar refractivity (Wildman–Crippen MR) is 74.1 cm³/mol. The molecular formula is C13H15BrFN3O. The number of nitrogens with one attached hydrogen (secondary N) is 1. The molecule has 2 rings (SSSR count). The van der Waals surface area contributed by atoms with E-state index in [9.17, 15) is 4.39 Å². The highest BCUT2D eigenvalue weighted by Crippen LogP contribution is 2.30. The van der Waals surface area contributed by atoms with Gasteiger partial charge in [0.1, 0.15) is 5.82 Å². The van der Waals surface area contributed by atoms with Crippen molar-refractivity contribution in [1.82, 2.24) is 15.5 Å².